The molecule has 3 N–H and O–H groups in total. The summed E-state index contributed by atoms with van der Waals surface area (Å²) in [6.07, 6.45) is -0.739. The van der Waals surface area contributed by atoms with Crippen LogP contribution in [0.4, 0.5) is 5.69 Å². The molecule has 1 atom stereocenters. The summed E-state index contributed by atoms with van der Waals surface area (Å²) in [5.41, 5.74) is 7.70. The Labute approximate surface area is 99.3 Å². The Balaban J connectivity index is 2.41. The van der Waals surface area contributed by atoms with Crippen LogP contribution in [0.15, 0.2) is 48.5 Å². The maximum absolute atomic E-state index is 10.2. The van der Waals surface area contributed by atoms with Gasteiger partial charge in [0.05, 0.1) is 0 Å². The number of anilines is 1. The van der Waals surface area contributed by atoms with E-state index in [9.17, 15) is 5.11 Å². The van der Waals surface area contributed by atoms with Gasteiger partial charge in [0.2, 0.25) is 0 Å². The second kappa shape index (κ2) is 4.56. The summed E-state index contributed by atoms with van der Waals surface area (Å²) in [5, 5.41) is 10.7. The van der Waals surface area contributed by atoms with E-state index < -0.39 is 6.10 Å². The maximum atomic E-state index is 10.2. The molecule has 0 fully saturated rings. The number of aliphatic hydroxyl groups is 1. The summed E-state index contributed by atoms with van der Waals surface area (Å²) in [4.78, 5) is 0. The molecule has 0 radical (unpaired) electrons. The van der Waals surface area contributed by atoms with E-state index in [4.69, 9.17) is 17.3 Å². The lowest BCUT2D eigenvalue weighted by atomic mass is 10.0. The Morgan fingerprint density at radius 2 is 1.75 bits per heavy atom. The van der Waals surface area contributed by atoms with Crippen molar-refractivity contribution in [1.29, 1.82) is 0 Å². The van der Waals surface area contributed by atoms with Gasteiger partial charge >= 0.3 is 0 Å². The minimum absolute atomic E-state index is 0.519. The molecule has 16 heavy (non-hydrogen) atoms. The van der Waals surface area contributed by atoms with Crippen molar-refractivity contribution in [3.63, 3.8) is 0 Å². The van der Waals surface area contributed by atoms with E-state index in [-0.39, 0.29) is 0 Å². The highest BCUT2D eigenvalue weighted by Gasteiger charge is 2.13. The van der Waals surface area contributed by atoms with Gasteiger partial charge in [-0.1, -0.05) is 41.9 Å². The van der Waals surface area contributed by atoms with Gasteiger partial charge in [0.25, 0.3) is 0 Å². The van der Waals surface area contributed by atoms with Crippen LogP contribution in [0, 0.1) is 0 Å². The second-order valence-corrected chi connectivity index (χ2v) is 4.00. The molecule has 0 aliphatic carbocycles. The molecular formula is C13H12ClNO. The van der Waals surface area contributed by atoms with Gasteiger partial charge in [-0.15, -0.1) is 0 Å². The van der Waals surface area contributed by atoms with Gasteiger partial charge < -0.3 is 10.8 Å². The van der Waals surface area contributed by atoms with Crippen LogP contribution in [0.1, 0.15) is 17.2 Å². The van der Waals surface area contributed by atoms with Crippen molar-refractivity contribution in [3.8, 4) is 0 Å². The highest BCUT2D eigenvalue weighted by Crippen LogP contribution is 2.29. The molecule has 0 heterocycles. The van der Waals surface area contributed by atoms with Gasteiger partial charge in [0, 0.05) is 16.3 Å². The number of halogens is 1. The highest BCUT2D eigenvalue weighted by molar-refractivity contribution is 6.31. The molecule has 0 aliphatic heterocycles. The van der Waals surface area contributed by atoms with E-state index in [0.29, 0.717) is 16.3 Å². The molecule has 0 unspecified atom stereocenters. The number of rotatable bonds is 2. The Bertz CT molecular complexity index is 485. The number of nitrogens with two attached hydrogens (primary N) is 1. The lowest BCUT2D eigenvalue weighted by Gasteiger charge is -2.13. The van der Waals surface area contributed by atoms with Crippen molar-refractivity contribution < 1.29 is 5.11 Å². The molecule has 0 aromatic heterocycles. The number of aliphatic hydroxyl groups excluding tert-OH is 1. The third kappa shape index (κ3) is 2.18. The molecule has 2 aromatic carbocycles. The number of nitrogen functional groups attached to an aromatic ring is 1. The molecule has 0 saturated heterocycles. The van der Waals surface area contributed by atoms with E-state index in [1.54, 1.807) is 18.2 Å². The van der Waals surface area contributed by atoms with Gasteiger partial charge in [-0.2, -0.15) is 0 Å². The Hall–Kier alpha value is -1.51. The average molecular weight is 234 g/mol. The molecule has 0 aliphatic rings. The maximum Gasteiger partial charge on any atom is 0.106 e. The molecule has 2 aromatic rings. The first-order valence-corrected chi connectivity index (χ1v) is 5.34. The van der Waals surface area contributed by atoms with E-state index in [1.165, 1.54) is 0 Å². The normalized spacial score (nSPS) is 12.4. The molecule has 0 bridgehead atoms. The Kier molecular flexibility index (Phi) is 3.13. The van der Waals surface area contributed by atoms with E-state index in [1.807, 2.05) is 30.3 Å². The molecule has 0 amide bonds. The minimum atomic E-state index is -0.739. The van der Waals surface area contributed by atoms with E-state index in [0.717, 1.165) is 5.56 Å². The van der Waals surface area contributed by atoms with Gasteiger partial charge in [-0.3, -0.25) is 0 Å². The molecule has 0 saturated carbocycles. The van der Waals surface area contributed by atoms with E-state index >= 15 is 0 Å². The van der Waals surface area contributed by atoms with Crippen LogP contribution in [0.3, 0.4) is 0 Å². The van der Waals surface area contributed by atoms with Crippen LogP contribution in [0.5, 0.6) is 0 Å². The standard InChI is InChI=1S/C13H12ClNO/c14-12-7-6-10(15)8-11(12)13(16)9-4-2-1-3-5-9/h1-8,13,16H,15H2/t13-/m0/s1. The number of hydrogen-bond donors (Lipinski definition) is 2. The molecule has 0 spiro atoms. The van der Waals surface area contributed by atoms with E-state index in [2.05, 4.69) is 0 Å². The third-order valence-electron chi connectivity index (χ3n) is 2.43. The summed E-state index contributed by atoms with van der Waals surface area (Å²) in [6, 6.07) is 14.4. The highest BCUT2D eigenvalue weighted by atomic mass is 35.5. The van der Waals surface area contributed by atoms with Crippen molar-refractivity contribution in [1.82, 2.24) is 0 Å². The minimum Gasteiger partial charge on any atom is -0.399 e. The summed E-state index contributed by atoms with van der Waals surface area (Å²) in [7, 11) is 0. The van der Waals surface area contributed by atoms with Crippen molar-refractivity contribution in [2.75, 3.05) is 5.73 Å². The molecule has 82 valence electrons. The molecule has 2 rings (SSSR count). The number of hydrogen-bond acceptors (Lipinski definition) is 2. The first-order chi connectivity index (χ1) is 7.68. The fraction of sp³-hybridized carbons (Fsp3) is 0.0769. The van der Waals surface area contributed by atoms with Gasteiger partial charge in [0.15, 0.2) is 0 Å². The van der Waals surface area contributed by atoms with Crippen molar-refractivity contribution >= 4 is 17.3 Å². The van der Waals surface area contributed by atoms with Crippen LogP contribution >= 0.6 is 11.6 Å². The predicted octanol–water partition coefficient (Wildman–Crippen LogP) is 3.00. The zero-order valence-electron chi connectivity index (χ0n) is 8.60. The molecular weight excluding hydrogens is 222 g/mol. The van der Waals surface area contributed by atoms with Crippen molar-refractivity contribution in [2.45, 2.75) is 6.10 Å². The lowest BCUT2D eigenvalue weighted by molar-refractivity contribution is 0.220. The monoisotopic (exact) mass is 233 g/mol. The van der Waals surface area contributed by atoms with Gasteiger partial charge in [-0.25, -0.2) is 0 Å². The largest absolute Gasteiger partial charge is 0.399 e. The smallest absolute Gasteiger partial charge is 0.106 e. The number of benzene rings is 2. The van der Waals surface area contributed by atoms with Crippen LogP contribution in [0.2, 0.25) is 5.02 Å². The summed E-state index contributed by atoms with van der Waals surface area (Å²) >= 11 is 6.03. The van der Waals surface area contributed by atoms with Crippen LogP contribution in [0.25, 0.3) is 0 Å². The summed E-state index contributed by atoms with van der Waals surface area (Å²) < 4.78 is 0. The fourth-order valence-corrected chi connectivity index (χ4v) is 1.81. The molecule has 2 nitrogen and oxygen atoms in total. The van der Waals surface area contributed by atoms with Crippen LogP contribution in [-0.4, -0.2) is 5.11 Å². The third-order valence-corrected chi connectivity index (χ3v) is 2.77. The quantitative estimate of drug-likeness (QED) is 0.784. The fourth-order valence-electron chi connectivity index (χ4n) is 1.59. The zero-order chi connectivity index (χ0) is 11.5. The SMILES string of the molecule is Nc1ccc(Cl)c([C@@H](O)c2ccccc2)c1. The predicted molar refractivity (Wildman–Crippen MR) is 66.4 cm³/mol. The van der Waals surface area contributed by atoms with Crippen molar-refractivity contribution in [3.05, 3.63) is 64.7 Å². The summed E-state index contributed by atoms with van der Waals surface area (Å²) in [5.74, 6) is 0. The zero-order valence-corrected chi connectivity index (χ0v) is 9.35. The van der Waals surface area contributed by atoms with Crippen molar-refractivity contribution in [2.24, 2.45) is 0 Å². The Morgan fingerprint density at radius 3 is 2.44 bits per heavy atom. The lowest BCUT2D eigenvalue weighted by Crippen LogP contribution is -2.01. The van der Waals surface area contributed by atoms with Crippen LogP contribution < -0.4 is 5.73 Å². The first kappa shape index (κ1) is 11.0. The first-order valence-electron chi connectivity index (χ1n) is 4.96. The van der Waals surface area contributed by atoms with Gasteiger partial charge in [-0.05, 0) is 23.8 Å². The summed E-state index contributed by atoms with van der Waals surface area (Å²) in [6.45, 7) is 0. The Morgan fingerprint density at radius 1 is 1.06 bits per heavy atom. The van der Waals surface area contributed by atoms with Gasteiger partial charge in [0.1, 0.15) is 6.10 Å². The average Bonchev–Trinajstić information content (AvgIpc) is 2.32. The topological polar surface area (TPSA) is 46.2 Å². The van der Waals surface area contributed by atoms with Crippen LogP contribution in [-0.2, 0) is 0 Å². The second-order valence-electron chi connectivity index (χ2n) is 3.59. The molecule has 3 heteroatoms.